The SMILES string of the molecule is CC(=O)N1c2ccc(C)cc2-c2c(ssc2=S)C1(C)C.CC(=O)N1c2ccc(C)cc2C2C(=S)SSC2C1(C)C. The molecule has 4 nitrogen and oxygen atoms in total. The van der Waals surface area contributed by atoms with Crippen LogP contribution in [-0.2, 0) is 15.1 Å². The normalized spacial score (nSPS) is 21.4. The van der Waals surface area contributed by atoms with Gasteiger partial charge in [0, 0.05) is 36.6 Å². The maximum absolute atomic E-state index is 12.2. The highest BCUT2D eigenvalue weighted by molar-refractivity contribution is 8.84. The summed E-state index contributed by atoms with van der Waals surface area (Å²) in [4.78, 5) is 29.4. The number of rotatable bonds is 0. The minimum Gasteiger partial charge on any atom is -0.306 e. The predicted molar refractivity (Wildman–Crippen MR) is 182 cm³/mol. The standard InChI is InChI=1S/C15H17NOS3.C15H15NOS3/c2*1-8-5-6-11-10(7-8)12-13(19-20-14(12)18)15(3,4)16(11)9(2)17/h5-7,12-13H,1-4H3;5-7H,1-4H3. The number of hydrogen-bond donors (Lipinski definition) is 0. The van der Waals surface area contributed by atoms with E-state index in [1.807, 2.05) is 26.7 Å². The van der Waals surface area contributed by atoms with E-state index in [4.69, 9.17) is 24.4 Å². The molecule has 1 saturated heterocycles. The second-order valence-electron chi connectivity index (χ2n) is 11.6. The fourth-order valence-corrected chi connectivity index (χ4v) is 13.5. The van der Waals surface area contributed by atoms with Gasteiger partial charge in [0.2, 0.25) is 11.8 Å². The molecule has 2 amide bonds. The van der Waals surface area contributed by atoms with E-state index in [0.717, 1.165) is 30.5 Å². The lowest BCUT2D eigenvalue weighted by Crippen LogP contribution is -2.58. The number of amides is 2. The maximum atomic E-state index is 12.2. The molecule has 0 radical (unpaired) electrons. The highest BCUT2D eigenvalue weighted by Crippen LogP contribution is 2.59. The smallest absolute Gasteiger partial charge is 0.224 e. The molecule has 1 aromatic heterocycles. The van der Waals surface area contributed by atoms with Gasteiger partial charge in [0.25, 0.3) is 0 Å². The third kappa shape index (κ3) is 4.72. The molecule has 2 atom stereocenters. The van der Waals surface area contributed by atoms with Gasteiger partial charge in [-0.15, -0.1) is 0 Å². The first-order valence-corrected chi connectivity index (χ1v) is 18.2. The maximum Gasteiger partial charge on any atom is 0.224 e. The zero-order chi connectivity index (χ0) is 29.3. The average molecular weight is 645 g/mol. The highest BCUT2D eigenvalue weighted by Gasteiger charge is 2.53. The third-order valence-electron chi connectivity index (χ3n) is 7.86. The summed E-state index contributed by atoms with van der Waals surface area (Å²) >= 11 is 11.1. The zero-order valence-corrected chi connectivity index (χ0v) is 28.7. The van der Waals surface area contributed by atoms with Gasteiger partial charge in [0.15, 0.2) is 0 Å². The minimum atomic E-state index is -0.346. The molecule has 0 spiro atoms. The molecule has 0 bridgehead atoms. The summed E-state index contributed by atoms with van der Waals surface area (Å²) in [6, 6.07) is 12.6. The number of carbonyl (C=O) groups excluding carboxylic acids is 2. The third-order valence-corrected chi connectivity index (χ3v) is 15.0. The quantitative estimate of drug-likeness (QED) is 0.179. The lowest BCUT2D eigenvalue weighted by atomic mass is 9.78. The number of nitrogens with zero attached hydrogens (tertiary/aromatic N) is 2. The summed E-state index contributed by atoms with van der Waals surface area (Å²) in [5.41, 5.74) is 7.29. The van der Waals surface area contributed by atoms with Gasteiger partial charge < -0.3 is 9.80 Å². The first-order valence-electron chi connectivity index (χ1n) is 13.0. The Labute approximate surface area is 262 Å². The second kappa shape index (κ2) is 10.6. The zero-order valence-electron chi connectivity index (χ0n) is 23.8. The van der Waals surface area contributed by atoms with Gasteiger partial charge in [-0.1, -0.05) is 85.2 Å². The van der Waals surface area contributed by atoms with Crippen molar-refractivity contribution in [1.29, 1.82) is 0 Å². The molecule has 0 saturated carbocycles. The Morgan fingerprint density at radius 3 is 2.08 bits per heavy atom. The molecule has 10 heteroatoms. The number of aryl methyl sites for hydroxylation is 2. The van der Waals surface area contributed by atoms with Gasteiger partial charge in [0.1, 0.15) is 3.82 Å². The van der Waals surface area contributed by atoms with Gasteiger partial charge in [-0.2, -0.15) is 0 Å². The predicted octanol–water partition coefficient (Wildman–Crippen LogP) is 9.43. The molecular formula is C30H32N2O2S6. The lowest BCUT2D eigenvalue weighted by Gasteiger charge is -2.48. The van der Waals surface area contributed by atoms with E-state index in [1.54, 1.807) is 45.3 Å². The molecule has 0 N–H and O–H groups in total. The van der Waals surface area contributed by atoms with E-state index in [1.165, 1.54) is 21.6 Å². The van der Waals surface area contributed by atoms with Crippen LogP contribution in [0.1, 0.15) is 69.0 Å². The monoisotopic (exact) mass is 644 g/mol. The van der Waals surface area contributed by atoms with Crippen molar-refractivity contribution in [3.05, 3.63) is 61.8 Å². The van der Waals surface area contributed by atoms with E-state index in [2.05, 4.69) is 71.9 Å². The van der Waals surface area contributed by atoms with Gasteiger partial charge in [-0.3, -0.25) is 9.59 Å². The fraction of sp³-hybridized carbons (Fsp3) is 0.400. The van der Waals surface area contributed by atoms with Crippen LogP contribution in [0.2, 0.25) is 0 Å². The van der Waals surface area contributed by atoms with Crippen molar-refractivity contribution in [2.45, 2.75) is 77.6 Å². The Hall–Kier alpha value is -1.56. The number of fused-ring (bicyclic) bond motifs is 6. The molecule has 2 unspecified atom stereocenters. The van der Waals surface area contributed by atoms with E-state index in [9.17, 15) is 9.59 Å². The first kappa shape index (κ1) is 29.9. The molecule has 4 heterocycles. The van der Waals surface area contributed by atoms with Gasteiger partial charge >= 0.3 is 0 Å². The Balaban J connectivity index is 0.000000161. The summed E-state index contributed by atoms with van der Waals surface area (Å²) in [5.74, 6) is 0.428. The molecule has 3 aromatic rings. The van der Waals surface area contributed by atoms with Crippen LogP contribution < -0.4 is 9.80 Å². The van der Waals surface area contributed by atoms with Crippen LogP contribution >= 0.6 is 66.7 Å². The van der Waals surface area contributed by atoms with Crippen LogP contribution in [0.5, 0.6) is 0 Å². The van der Waals surface area contributed by atoms with E-state index in [-0.39, 0.29) is 28.8 Å². The molecule has 3 aliphatic rings. The average Bonchev–Trinajstić information content (AvgIpc) is 3.44. The molecular weight excluding hydrogens is 613 g/mol. The second-order valence-corrected chi connectivity index (χ2v) is 17.5. The van der Waals surface area contributed by atoms with Crippen molar-refractivity contribution in [2.75, 3.05) is 9.80 Å². The fourth-order valence-electron chi connectivity index (χ4n) is 6.19. The molecule has 210 valence electrons. The summed E-state index contributed by atoms with van der Waals surface area (Å²) < 4.78 is 1.97. The molecule has 6 rings (SSSR count). The molecule has 0 aliphatic carbocycles. The minimum absolute atomic E-state index is 0.0649. The Bertz CT molecular complexity index is 1620. The van der Waals surface area contributed by atoms with Gasteiger partial charge in [0.05, 0.1) is 31.1 Å². The van der Waals surface area contributed by atoms with Crippen LogP contribution in [-0.4, -0.2) is 26.8 Å². The summed E-state index contributed by atoms with van der Waals surface area (Å²) in [5, 5.41) is 0.318. The van der Waals surface area contributed by atoms with Crippen molar-refractivity contribution < 1.29 is 9.59 Å². The molecule has 40 heavy (non-hydrogen) atoms. The van der Waals surface area contributed by atoms with Crippen molar-refractivity contribution in [1.82, 2.24) is 0 Å². The number of anilines is 2. The van der Waals surface area contributed by atoms with Gasteiger partial charge in [-0.25, -0.2) is 0 Å². The molecule has 1 fully saturated rings. The summed E-state index contributed by atoms with van der Waals surface area (Å²) in [6.07, 6.45) is 0. The van der Waals surface area contributed by atoms with E-state index < -0.39 is 0 Å². The summed E-state index contributed by atoms with van der Waals surface area (Å²) in [6.45, 7) is 15.9. The van der Waals surface area contributed by atoms with E-state index >= 15 is 0 Å². The van der Waals surface area contributed by atoms with Crippen LogP contribution in [0.15, 0.2) is 36.4 Å². The summed E-state index contributed by atoms with van der Waals surface area (Å²) in [7, 11) is 6.83. The van der Waals surface area contributed by atoms with Crippen molar-refractivity contribution >= 4 is 94.1 Å². The number of hydrogen-bond acceptors (Lipinski definition) is 8. The van der Waals surface area contributed by atoms with Crippen LogP contribution in [0.4, 0.5) is 11.4 Å². The number of thiocarbonyl (C=S) groups is 1. The number of benzene rings is 2. The largest absolute Gasteiger partial charge is 0.306 e. The van der Waals surface area contributed by atoms with Crippen LogP contribution in [0.25, 0.3) is 11.1 Å². The first-order chi connectivity index (χ1) is 18.7. The highest BCUT2D eigenvalue weighted by atomic mass is 33.1. The molecule has 3 aliphatic heterocycles. The topological polar surface area (TPSA) is 40.6 Å². The van der Waals surface area contributed by atoms with Crippen molar-refractivity contribution in [3.63, 3.8) is 0 Å². The van der Waals surface area contributed by atoms with Crippen molar-refractivity contribution in [3.8, 4) is 11.1 Å². The van der Waals surface area contributed by atoms with Crippen LogP contribution in [0.3, 0.4) is 0 Å². The van der Waals surface area contributed by atoms with Gasteiger partial charge in [-0.05, 0) is 76.1 Å². The Kier molecular flexibility index (Phi) is 7.94. The van der Waals surface area contributed by atoms with E-state index in [0.29, 0.717) is 5.25 Å². The van der Waals surface area contributed by atoms with Crippen LogP contribution in [0, 0.1) is 17.7 Å². The Morgan fingerprint density at radius 1 is 0.850 bits per heavy atom. The number of carbonyl (C=O) groups is 2. The molecule has 2 aromatic carbocycles. The van der Waals surface area contributed by atoms with Crippen molar-refractivity contribution in [2.24, 2.45) is 0 Å². The Morgan fingerprint density at radius 2 is 1.45 bits per heavy atom. The lowest BCUT2D eigenvalue weighted by molar-refractivity contribution is -0.118.